The van der Waals surface area contributed by atoms with Gasteiger partial charge in [0.1, 0.15) is 5.82 Å². The maximum absolute atomic E-state index is 12.3. The zero-order valence-corrected chi connectivity index (χ0v) is 12.8. The number of anilines is 1. The molecule has 6 heteroatoms. The largest absolute Gasteiger partial charge is 0.383 e. The molecule has 3 heterocycles. The van der Waals surface area contributed by atoms with Crippen molar-refractivity contribution in [3.8, 4) is 11.1 Å². The number of nitrogen functional groups attached to an aromatic ring is 1. The van der Waals surface area contributed by atoms with Crippen LogP contribution in [0.1, 0.15) is 23.0 Å². The van der Waals surface area contributed by atoms with Crippen LogP contribution in [-0.4, -0.2) is 25.9 Å². The van der Waals surface area contributed by atoms with Crippen molar-refractivity contribution < 1.29 is 4.79 Å². The number of pyridine rings is 1. The molecule has 0 unspecified atom stereocenters. The van der Waals surface area contributed by atoms with Gasteiger partial charge in [0, 0.05) is 33.8 Å². The second kappa shape index (κ2) is 4.67. The van der Waals surface area contributed by atoms with Gasteiger partial charge in [0.2, 0.25) is 0 Å². The molecule has 0 spiro atoms. The van der Waals surface area contributed by atoms with Gasteiger partial charge in [-0.2, -0.15) is 5.10 Å². The highest BCUT2D eigenvalue weighted by Gasteiger charge is 2.22. The Morgan fingerprint density at radius 3 is 2.83 bits per heavy atom. The number of aromatic amines is 2. The first-order chi connectivity index (χ1) is 11.1. The number of rotatable bonds is 2. The zero-order chi connectivity index (χ0) is 16.1. The van der Waals surface area contributed by atoms with Gasteiger partial charge in [0.25, 0.3) is 0 Å². The van der Waals surface area contributed by atoms with Gasteiger partial charge in [-0.1, -0.05) is 18.2 Å². The van der Waals surface area contributed by atoms with Crippen LogP contribution in [0, 0.1) is 6.92 Å². The summed E-state index contributed by atoms with van der Waals surface area (Å²) in [5, 5.41) is 8.63. The summed E-state index contributed by atoms with van der Waals surface area (Å²) in [5.41, 5.74) is 10.5. The summed E-state index contributed by atoms with van der Waals surface area (Å²) in [4.78, 5) is 19.9. The molecule has 0 aliphatic carbocycles. The minimum absolute atomic E-state index is 0.0437. The standard InChI is InChI=1S/C17H15N5O/c1-8-13(9(2)23)14(15-16(18)21-22-17(15)20-8)11-7-19-12-6-4-3-5-10(11)12/h3-7,19H,1-2H3,(H3,18,20,21,22). The van der Waals surface area contributed by atoms with Crippen molar-refractivity contribution in [2.24, 2.45) is 0 Å². The van der Waals surface area contributed by atoms with Crippen molar-refractivity contribution in [2.45, 2.75) is 13.8 Å². The first-order valence-corrected chi connectivity index (χ1v) is 7.29. The topological polar surface area (TPSA) is 100 Å². The van der Waals surface area contributed by atoms with Crippen LogP contribution in [0.5, 0.6) is 0 Å². The summed E-state index contributed by atoms with van der Waals surface area (Å²) < 4.78 is 0. The molecule has 0 aliphatic heterocycles. The van der Waals surface area contributed by atoms with E-state index in [1.54, 1.807) is 6.92 Å². The van der Waals surface area contributed by atoms with Crippen molar-refractivity contribution in [3.63, 3.8) is 0 Å². The van der Waals surface area contributed by atoms with Crippen LogP contribution in [-0.2, 0) is 0 Å². The molecule has 0 aliphatic rings. The number of aromatic nitrogens is 4. The van der Waals surface area contributed by atoms with E-state index in [-0.39, 0.29) is 5.78 Å². The summed E-state index contributed by atoms with van der Waals surface area (Å²) in [6.45, 7) is 3.36. The van der Waals surface area contributed by atoms with E-state index >= 15 is 0 Å². The molecular formula is C17H15N5O. The Morgan fingerprint density at radius 1 is 1.26 bits per heavy atom. The third-order valence-corrected chi connectivity index (χ3v) is 4.12. The van der Waals surface area contributed by atoms with Crippen molar-refractivity contribution in [3.05, 3.63) is 41.7 Å². The molecule has 23 heavy (non-hydrogen) atoms. The van der Waals surface area contributed by atoms with Crippen LogP contribution < -0.4 is 5.73 Å². The van der Waals surface area contributed by atoms with Crippen LogP contribution in [0.25, 0.3) is 33.1 Å². The summed E-state index contributed by atoms with van der Waals surface area (Å²) >= 11 is 0. The molecule has 0 fully saturated rings. The Kier molecular flexibility index (Phi) is 2.74. The summed E-state index contributed by atoms with van der Waals surface area (Å²) in [6.07, 6.45) is 1.90. The predicted molar refractivity (Wildman–Crippen MR) is 90.3 cm³/mol. The lowest BCUT2D eigenvalue weighted by molar-refractivity contribution is 0.101. The average molecular weight is 305 g/mol. The lowest BCUT2D eigenvalue weighted by Crippen LogP contribution is -2.03. The lowest BCUT2D eigenvalue weighted by atomic mass is 9.93. The molecule has 4 N–H and O–H groups in total. The van der Waals surface area contributed by atoms with Crippen molar-refractivity contribution in [1.29, 1.82) is 0 Å². The van der Waals surface area contributed by atoms with E-state index < -0.39 is 0 Å². The quantitative estimate of drug-likeness (QED) is 0.495. The normalized spacial score (nSPS) is 11.4. The summed E-state index contributed by atoms with van der Waals surface area (Å²) in [5.74, 6) is 0.369. The highest BCUT2D eigenvalue weighted by molar-refractivity contribution is 6.15. The number of carbonyl (C=O) groups is 1. The number of hydrogen-bond acceptors (Lipinski definition) is 4. The number of ketones is 1. The highest BCUT2D eigenvalue weighted by Crippen LogP contribution is 2.38. The van der Waals surface area contributed by atoms with Gasteiger partial charge >= 0.3 is 0 Å². The van der Waals surface area contributed by atoms with E-state index in [4.69, 9.17) is 5.73 Å². The molecule has 0 saturated carbocycles. The fourth-order valence-corrected chi connectivity index (χ4v) is 3.17. The van der Waals surface area contributed by atoms with Crippen LogP contribution in [0.15, 0.2) is 30.5 Å². The number of nitrogens with two attached hydrogens (primary N) is 1. The fourth-order valence-electron chi connectivity index (χ4n) is 3.17. The molecule has 0 saturated heterocycles. The lowest BCUT2D eigenvalue weighted by Gasteiger charge is -2.11. The van der Waals surface area contributed by atoms with Gasteiger partial charge in [-0.3, -0.25) is 9.89 Å². The monoisotopic (exact) mass is 305 g/mol. The maximum atomic E-state index is 12.3. The van der Waals surface area contributed by atoms with Crippen LogP contribution in [0.4, 0.5) is 5.82 Å². The Labute approximate surface area is 131 Å². The van der Waals surface area contributed by atoms with E-state index in [1.807, 2.05) is 37.4 Å². The Balaban J connectivity index is 2.23. The van der Waals surface area contributed by atoms with Crippen molar-refractivity contribution in [1.82, 2.24) is 20.2 Å². The Hall–Kier alpha value is -3.15. The number of carbonyl (C=O) groups excluding carboxylic acids is 1. The number of nitrogens with zero attached hydrogens (tertiary/aromatic N) is 2. The molecule has 4 rings (SSSR count). The number of fused-ring (bicyclic) bond motifs is 2. The number of Topliss-reactive ketones (excluding diaryl/α,β-unsaturated/α-hetero) is 1. The second-order valence-electron chi connectivity index (χ2n) is 5.59. The van der Waals surface area contributed by atoms with Crippen molar-refractivity contribution in [2.75, 3.05) is 5.73 Å². The third kappa shape index (κ3) is 1.85. The molecule has 0 atom stereocenters. The van der Waals surface area contributed by atoms with Crippen LogP contribution >= 0.6 is 0 Å². The Bertz CT molecular complexity index is 1070. The molecule has 0 amide bonds. The van der Waals surface area contributed by atoms with Gasteiger partial charge in [0.15, 0.2) is 11.4 Å². The van der Waals surface area contributed by atoms with Gasteiger partial charge in [-0.25, -0.2) is 4.98 Å². The van der Waals surface area contributed by atoms with Crippen LogP contribution in [0.2, 0.25) is 0 Å². The number of hydrogen-bond donors (Lipinski definition) is 3. The first-order valence-electron chi connectivity index (χ1n) is 7.29. The summed E-state index contributed by atoms with van der Waals surface area (Å²) in [7, 11) is 0. The van der Waals surface area contributed by atoms with Gasteiger partial charge in [-0.15, -0.1) is 0 Å². The second-order valence-corrected chi connectivity index (χ2v) is 5.59. The average Bonchev–Trinajstić information content (AvgIpc) is 3.10. The number of para-hydroxylation sites is 1. The van der Waals surface area contributed by atoms with Gasteiger partial charge in [0.05, 0.1) is 11.1 Å². The molecule has 0 bridgehead atoms. The van der Waals surface area contributed by atoms with Gasteiger partial charge in [-0.05, 0) is 19.9 Å². The highest BCUT2D eigenvalue weighted by atomic mass is 16.1. The third-order valence-electron chi connectivity index (χ3n) is 4.12. The Morgan fingerprint density at radius 2 is 2.04 bits per heavy atom. The zero-order valence-electron chi connectivity index (χ0n) is 12.8. The predicted octanol–water partition coefficient (Wildman–Crippen LogP) is 3.20. The SMILES string of the molecule is CC(=O)c1c(C)nc2n[nH]c(N)c2c1-c1c[nH]c2ccccc12. The molecular weight excluding hydrogens is 290 g/mol. The summed E-state index contributed by atoms with van der Waals surface area (Å²) in [6, 6.07) is 7.95. The van der Waals surface area contributed by atoms with Crippen LogP contribution in [0.3, 0.4) is 0 Å². The number of aryl methyl sites for hydroxylation is 1. The smallest absolute Gasteiger partial charge is 0.184 e. The molecule has 0 radical (unpaired) electrons. The number of benzene rings is 1. The van der Waals surface area contributed by atoms with E-state index in [9.17, 15) is 4.79 Å². The van der Waals surface area contributed by atoms with Gasteiger partial charge < -0.3 is 10.7 Å². The molecule has 3 aromatic heterocycles. The van der Waals surface area contributed by atoms with E-state index in [1.165, 1.54) is 0 Å². The minimum Gasteiger partial charge on any atom is -0.383 e. The molecule has 6 nitrogen and oxygen atoms in total. The molecule has 1 aromatic carbocycles. The fraction of sp³-hybridized carbons (Fsp3) is 0.118. The first kappa shape index (κ1) is 13.5. The van der Waals surface area contributed by atoms with E-state index in [2.05, 4.69) is 20.2 Å². The number of nitrogens with one attached hydrogen (secondary N) is 2. The molecule has 114 valence electrons. The van der Waals surface area contributed by atoms with Crippen molar-refractivity contribution >= 4 is 33.5 Å². The minimum atomic E-state index is -0.0437. The van der Waals surface area contributed by atoms with E-state index in [0.717, 1.165) is 22.0 Å². The molecule has 4 aromatic rings. The number of H-pyrrole nitrogens is 2. The maximum Gasteiger partial charge on any atom is 0.184 e. The van der Waals surface area contributed by atoms with E-state index in [0.29, 0.717) is 28.1 Å².